The molecule has 0 amide bonds. The fourth-order valence-corrected chi connectivity index (χ4v) is 5.30. The van der Waals surface area contributed by atoms with Crippen molar-refractivity contribution in [2.75, 3.05) is 23.0 Å². The van der Waals surface area contributed by atoms with Crippen molar-refractivity contribution in [2.45, 2.75) is 12.1 Å². The zero-order valence-corrected chi connectivity index (χ0v) is 21.2. The van der Waals surface area contributed by atoms with E-state index >= 15 is 0 Å². The molecule has 11 heteroatoms. The smallest absolute Gasteiger partial charge is 0.229 e. The first-order valence-corrected chi connectivity index (χ1v) is 13.4. The molecule has 1 fully saturated rings. The van der Waals surface area contributed by atoms with Gasteiger partial charge in [-0.3, -0.25) is 9.71 Å². The summed E-state index contributed by atoms with van der Waals surface area (Å²) in [6.45, 7) is 0. The number of hydrogen-bond donors (Lipinski definition) is 2. The molecular formula is C25H24N6O3S2. The van der Waals surface area contributed by atoms with Crippen LogP contribution in [-0.2, 0) is 10.0 Å². The Labute approximate surface area is 214 Å². The van der Waals surface area contributed by atoms with Crippen LogP contribution in [0.25, 0.3) is 5.82 Å². The molecule has 1 aromatic carbocycles. The number of aromatic nitrogens is 3. The molecule has 184 valence electrons. The van der Waals surface area contributed by atoms with Crippen LogP contribution in [0.1, 0.15) is 23.5 Å². The average Bonchev–Trinajstić information content (AvgIpc) is 3.48. The third-order valence-corrected chi connectivity index (χ3v) is 6.74. The van der Waals surface area contributed by atoms with Crippen LogP contribution in [0.3, 0.4) is 0 Å². The van der Waals surface area contributed by atoms with E-state index in [9.17, 15) is 8.42 Å². The summed E-state index contributed by atoms with van der Waals surface area (Å²) in [5, 5.41) is 3.91. The molecule has 1 aliphatic heterocycles. The Morgan fingerprint density at radius 1 is 1.03 bits per heavy atom. The lowest BCUT2D eigenvalue weighted by atomic mass is 10.0. The molecule has 0 unspecified atom stereocenters. The molecule has 1 saturated heterocycles. The Hall–Kier alpha value is -3.96. The minimum Gasteiger partial charge on any atom is -0.495 e. The lowest BCUT2D eigenvalue weighted by Gasteiger charge is -2.29. The summed E-state index contributed by atoms with van der Waals surface area (Å²) in [5.74, 6) is 1.17. The molecule has 0 bridgehead atoms. The second-order valence-corrected chi connectivity index (χ2v) is 10.4. The van der Waals surface area contributed by atoms with E-state index in [0.717, 1.165) is 23.5 Å². The third-order valence-electron chi connectivity index (χ3n) is 5.83. The molecule has 9 nitrogen and oxygen atoms in total. The molecule has 5 rings (SSSR count). The van der Waals surface area contributed by atoms with Gasteiger partial charge in [0.05, 0.1) is 30.8 Å². The number of ether oxygens (including phenoxy) is 1. The Kier molecular flexibility index (Phi) is 6.33. The molecule has 0 aliphatic carbocycles. The number of benzene rings is 1. The second kappa shape index (κ2) is 9.59. The van der Waals surface area contributed by atoms with Crippen LogP contribution in [0.15, 0.2) is 85.3 Å². The van der Waals surface area contributed by atoms with Crippen molar-refractivity contribution in [3.8, 4) is 11.6 Å². The number of sulfonamides is 1. The number of hydrogen-bond acceptors (Lipinski definition) is 6. The lowest BCUT2D eigenvalue weighted by Crippen LogP contribution is -2.30. The van der Waals surface area contributed by atoms with E-state index in [2.05, 4.69) is 20.0 Å². The molecule has 4 heterocycles. The van der Waals surface area contributed by atoms with Crippen LogP contribution in [0.5, 0.6) is 5.75 Å². The highest BCUT2D eigenvalue weighted by Gasteiger charge is 2.42. The number of thiocarbonyl (C=S) groups is 1. The highest BCUT2D eigenvalue weighted by atomic mass is 32.2. The fourth-order valence-electron chi connectivity index (χ4n) is 4.40. The van der Waals surface area contributed by atoms with Crippen molar-refractivity contribution in [3.63, 3.8) is 0 Å². The van der Waals surface area contributed by atoms with Crippen molar-refractivity contribution >= 4 is 38.7 Å². The van der Waals surface area contributed by atoms with Crippen molar-refractivity contribution in [1.82, 2.24) is 19.9 Å². The molecule has 0 saturated carbocycles. The summed E-state index contributed by atoms with van der Waals surface area (Å²) in [7, 11) is -2.05. The van der Waals surface area contributed by atoms with Gasteiger partial charge in [0.15, 0.2) is 5.11 Å². The maximum Gasteiger partial charge on any atom is 0.229 e. The van der Waals surface area contributed by atoms with E-state index in [4.69, 9.17) is 17.0 Å². The van der Waals surface area contributed by atoms with E-state index in [1.54, 1.807) is 24.5 Å². The van der Waals surface area contributed by atoms with Gasteiger partial charge in [-0.2, -0.15) is 0 Å². The van der Waals surface area contributed by atoms with Crippen LogP contribution >= 0.6 is 12.2 Å². The zero-order chi connectivity index (χ0) is 25.3. The third kappa shape index (κ3) is 4.62. The maximum atomic E-state index is 12.0. The molecule has 4 aromatic rings. The fraction of sp³-hybridized carbons (Fsp3) is 0.160. The number of anilines is 2. The summed E-state index contributed by atoms with van der Waals surface area (Å²) in [6.07, 6.45) is 6.55. The minimum atomic E-state index is -3.54. The molecule has 2 atom stereocenters. The summed E-state index contributed by atoms with van der Waals surface area (Å²) in [4.78, 5) is 11.1. The number of pyridine rings is 2. The van der Waals surface area contributed by atoms with Gasteiger partial charge in [-0.15, -0.1) is 0 Å². The lowest BCUT2D eigenvalue weighted by molar-refractivity contribution is 0.417. The van der Waals surface area contributed by atoms with Crippen LogP contribution < -0.4 is 19.7 Å². The Morgan fingerprint density at radius 3 is 2.47 bits per heavy atom. The van der Waals surface area contributed by atoms with Crippen molar-refractivity contribution in [1.29, 1.82) is 0 Å². The first-order valence-electron chi connectivity index (χ1n) is 11.1. The van der Waals surface area contributed by atoms with Gasteiger partial charge in [-0.1, -0.05) is 12.1 Å². The number of methoxy groups -OCH3 is 1. The normalized spacial score (nSPS) is 17.6. The average molecular weight is 521 g/mol. The SMILES string of the molecule is COc1ccc(N2C(=S)N[C@H](c3ccccn3)[C@@H]2c2cccn2-c2ccccn2)cc1NS(C)(=O)=O. The molecule has 0 spiro atoms. The molecule has 2 N–H and O–H groups in total. The summed E-state index contributed by atoms with van der Waals surface area (Å²) in [5.41, 5.74) is 2.77. The predicted octanol–water partition coefficient (Wildman–Crippen LogP) is 3.82. The van der Waals surface area contributed by atoms with Crippen molar-refractivity contribution < 1.29 is 13.2 Å². The number of rotatable bonds is 7. The van der Waals surface area contributed by atoms with Gasteiger partial charge < -0.3 is 19.5 Å². The Balaban J connectivity index is 1.67. The molecule has 3 aromatic heterocycles. The van der Waals surface area contributed by atoms with Gasteiger partial charge in [-0.25, -0.2) is 13.4 Å². The van der Waals surface area contributed by atoms with Gasteiger partial charge in [0.25, 0.3) is 0 Å². The van der Waals surface area contributed by atoms with Crippen LogP contribution in [-0.4, -0.2) is 41.4 Å². The summed E-state index contributed by atoms with van der Waals surface area (Å²) in [6, 6.07) is 20.2. The van der Waals surface area contributed by atoms with E-state index in [1.165, 1.54) is 7.11 Å². The Morgan fingerprint density at radius 2 is 1.81 bits per heavy atom. The first-order chi connectivity index (χ1) is 17.4. The van der Waals surface area contributed by atoms with E-state index in [1.807, 2.05) is 70.3 Å². The minimum absolute atomic E-state index is 0.274. The van der Waals surface area contributed by atoms with Gasteiger partial charge in [-0.05, 0) is 66.8 Å². The van der Waals surface area contributed by atoms with Crippen LogP contribution in [0.2, 0.25) is 0 Å². The molecule has 1 aliphatic rings. The van der Waals surface area contributed by atoms with E-state index in [-0.39, 0.29) is 12.1 Å². The van der Waals surface area contributed by atoms with Crippen molar-refractivity contribution in [3.05, 3.63) is 96.7 Å². The highest BCUT2D eigenvalue weighted by Crippen LogP contribution is 2.43. The van der Waals surface area contributed by atoms with Gasteiger partial charge in [0.1, 0.15) is 17.6 Å². The number of nitrogens with one attached hydrogen (secondary N) is 2. The van der Waals surface area contributed by atoms with Gasteiger partial charge in [0.2, 0.25) is 10.0 Å². The molecule has 0 radical (unpaired) electrons. The first kappa shape index (κ1) is 23.8. The summed E-state index contributed by atoms with van der Waals surface area (Å²) < 4.78 is 34.0. The van der Waals surface area contributed by atoms with Crippen molar-refractivity contribution in [2.24, 2.45) is 0 Å². The van der Waals surface area contributed by atoms with E-state index < -0.39 is 10.0 Å². The maximum absolute atomic E-state index is 12.0. The van der Waals surface area contributed by atoms with Gasteiger partial charge in [0, 0.05) is 30.0 Å². The largest absolute Gasteiger partial charge is 0.495 e. The zero-order valence-electron chi connectivity index (χ0n) is 19.6. The van der Waals surface area contributed by atoms with E-state index in [0.29, 0.717) is 22.2 Å². The quantitative estimate of drug-likeness (QED) is 0.355. The monoisotopic (exact) mass is 520 g/mol. The standard InChI is InChI=1S/C25H24N6O3S2/c1-34-21-12-11-17(16-19(21)29-36(2,32)33)31-24(23(28-25(31)35)18-8-3-5-13-26-18)20-9-7-15-30(20)22-10-4-6-14-27-22/h3-16,23-24,29H,1-2H3,(H,28,35)/t23-,24+/m1/s1. The topological polar surface area (TPSA) is 101 Å². The molecule has 36 heavy (non-hydrogen) atoms. The highest BCUT2D eigenvalue weighted by molar-refractivity contribution is 7.92. The van der Waals surface area contributed by atoms with Crippen LogP contribution in [0, 0.1) is 0 Å². The van der Waals surface area contributed by atoms with Crippen LogP contribution in [0.4, 0.5) is 11.4 Å². The predicted molar refractivity (Wildman–Crippen MR) is 143 cm³/mol. The summed E-state index contributed by atoms with van der Waals surface area (Å²) >= 11 is 5.82. The van der Waals surface area contributed by atoms with Gasteiger partial charge >= 0.3 is 0 Å². The molecular weight excluding hydrogens is 496 g/mol. The Bertz CT molecular complexity index is 1490. The second-order valence-electron chi connectivity index (χ2n) is 8.25. The number of nitrogens with zero attached hydrogens (tertiary/aromatic N) is 4.